The average molecular weight is 143 g/mol. The number of aliphatic hydroxyl groups is 1. The molecule has 3 nitrogen and oxygen atoms in total. The van der Waals surface area contributed by atoms with Gasteiger partial charge in [-0.1, -0.05) is 5.92 Å². The first kappa shape index (κ1) is 9.44. The Morgan fingerprint density at radius 2 is 2.50 bits per heavy atom. The highest BCUT2D eigenvalue weighted by Crippen LogP contribution is 1.79. The Bertz CT molecular complexity index is 109. The van der Waals surface area contributed by atoms with Crippen LogP contribution in [0.2, 0.25) is 0 Å². The second-order valence-electron chi connectivity index (χ2n) is 1.94. The van der Waals surface area contributed by atoms with E-state index in [4.69, 9.17) is 16.3 Å². The number of terminal acetylenes is 1. The highest BCUT2D eigenvalue weighted by Gasteiger charge is 1.99. The van der Waals surface area contributed by atoms with Crippen molar-refractivity contribution in [2.24, 2.45) is 0 Å². The molecule has 0 unspecified atom stereocenters. The molecule has 0 aliphatic rings. The Balaban J connectivity index is 3.06. The minimum atomic E-state index is -0.460. The summed E-state index contributed by atoms with van der Waals surface area (Å²) in [6, 6.07) is 0. The van der Waals surface area contributed by atoms with E-state index in [2.05, 4.69) is 11.2 Å². The molecule has 10 heavy (non-hydrogen) atoms. The molecule has 0 saturated carbocycles. The zero-order valence-corrected chi connectivity index (χ0v) is 6.13. The van der Waals surface area contributed by atoms with E-state index < -0.39 is 6.10 Å². The summed E-state index contributed by atoms with van der Waals surface area (Å²) in [7, 11) is 1.55. The first-order valence-corrected chi connectivity index (χ1v) is 3.12. The first-order valence-electron chi connectivity index (χ1n) is 3.12. The van der Waals surface area contributed by atoms with E-state index in [0.717, 1.165) is 0 Å². The molecule has 58 valence electrons. The van der Waals surface area contributed by atoms with Crippen LogP contribution in [0.5, 0.6) is 0 Å². The van der Waals surface area contributed by atoms with E-state index in [9.17, 15) is 0 Å². The summed E-state index contributed by atoms with van der Waals surface area (Å²) < 4.78 is 4.69. The van der Waals surface area contributed by atoms with Crippen LogP contribution in [-0.2, 0) is 4.74 Å². The molecule has 3 heteroatoms. The van der Waals surface area contributed by atoms with Crippen molar-refractivity contribution >= 4 is 0 Å². The van der Waals surface area contributed by atoms with Crippen molar-refractivity contribution in [3.05, 3.63) is 0 Å². The van der Waals surface area contributed by atoms with Crippen molar-refractivity contribution in [3.63, 3.8) is 0 Å². The molecular weight excluding hydrogens is 130 g/mol. The molecule has 0 saturated heterocycles. The maximum absolute atomic E-state index is 9.02. The van der Waals surface area contributed by atoms with Crippen molar-refractivity contribution in [2.45, 2.75) is 6.10 Å². The Kier molecular flexibility index (Phi) is 6.19. The molecule has 0 aliphatic carbocycles. The van der Waals surface area contributed by atoms with E-state index in [1.54, 1.807) is 7.11 Å². The SMILES string of the molecule is C#CCNC[C@H](O)COC. The van der Waals surface area contributed by atoms with E-state index in [1.165, 1.54) is 0 Å². The molecule has 0 aromatic heterocycles. The summed E-state index contributed by atoms with van der Waals surface area (Å²) in [4.78, 5) is 0. The Morgan fingerprint density at radius 1 is 1.80 bits per heavy atom. The Labute approximate surface area is 61.4 Å². The van der Waals surface area contributed by atoms with Crippen LogP contribution in [0, 0.1) is 12.3 Å². The second-order valence-corrected chi connectivity index (χ2v) is 1.94. The standard InChI is InChI=1S/C7H13NO2/c1-3-4-8-5-7(9)6-10-2/h1,7-9H,4-6H2,2H3/t7-/m0/s1. The summed E-state index contributed by atoms with van der Waals surface area (Å²) in [6.45, 7) is 1.32. The topological polar surface area (TPSA) is 41.5 Å². The van der Waals surface area contributed by atoms with Crippen LogP contribution in [-0.4, -0.2) is 38.0 Å². The lowest BCUT2D eigenvalue weighted by atomic mass is 10.4. The van der Waals surface area contributed by atoms with Crippen LogP contribution in [0.25, 0.3) is 0 Å². The molecule has 0 amide bonds. The second kappa shape index (κ2) is 6.56. The predicted molar refractivity (Wildman–Crippen MR) is 39.6 cm³/mol. The summed E-state index contributed by atoms with van der Waals surface area (Å²) >= 11 is 0. The van der Waals surface area contributed by atoms with Crippen LogP contribution in [0.4, 0.5) is 0 Å². The third-order valence-electron chi connectivity index (χ3n) is 0.966. The molecule has 0 heterocycles. The van der Waals surface area contributed by atoms with Crippen LogP contribution >= 0.6 is 0 Å². The molecule has 1 atom stereocenters. The van der Waals surface area contributed by atoms with E-state index in [-0.39, 0.29) is 0 Å². The van der Waals surface area contributed by atoms with E-state index in [1.807, 2.05) is 0 Å². The summed E-state index contributed by atoms with van der Waals surface area (Å²) in [5, 5.41) is 11.9. The lowest BCUT2D eigenvalue weighted by molar-refractivity contribution is 0.0653. The molecule has 0 rings (SSSR count). The molecule has 0 fully saturated rings. The van der Waals surface area contributed by atoms with Gasteiger partial charge >= 0.3 is 0 Å². The van der Waals surface area contributed by atoms with Gasteiger partial charge in [0.2, 0.25) is 0 Å². The Hall–Kier alpha value is -0.560. The van der Waals surface area contributed by atoms with E-state index >= 15 is 0 Å². The van der Waals surface area contributed by atoms with Crippen molar-refractivity contribution < 1.29 is 9.84 Å². The van der Waals surface area contributed by atoms with Gasteiger partial charge in [-0.15, -0.1) is 6.42 Å². The number of ether oxygens (including phenoxy) is 1. The van der Waals surface area contributed by atoms with Gasteiger partial charge in [-0.3, -0.25) is 0 Å². The number of nitrogens with one attached hydrogen (secondary N) is 1. The van der Waals surface area contributed by atoms with Gasteiger partial charge in [0.15, 0.2) is 0 Å². The molecule has 0 aromatic rings. The first-order chi connectivity index (χ1) is 4.81. The van der Waals surface area contributed by atoms with Gasteiger partial charge in [-0.2, -0.15) is 0 Å². The van der Waals surface area contributed by atoms with Gasteiger partial charge in [-0.05, 0) is 0 Å². The minimum Gasteiger partial charge on any atom is -0.389 e. The van der Waals surface area contributed by atoms with Gasteiger partial charge in [0.1, 0.15) is 0 Å². The van der Waals surface area contributed by atoms with Crippen molar-refractivity contribution in [2.75, 3.05) is 26.8 Å². The summed E-state index contributed by atoms with van der Waals surface area (Å²) in [5.74, 6) is 2.40. The maximum atomic E-state index is 9.02. The van der Waals surface area contributed by atoms with Crippen molar-refractivity contribution in [1.82, 2.24) is 5.32 Å². The molecule has 0 bridgehead atoms. The van der Waals surface area contributed by atoms with Gasteiger partial charge in [0, 0.05) is 13.7 Å². The van der Waals surface area contributed by atoms with Crippen LogP contribution in [0.1, 0.15) is 0 Å². The number of hydrogen-bond acceptors (Lipinski definition) is 3. The molecule has 0 aliphatic heterocycles. The normalized spacial score (nSPS) is 12.5. The minimum absolute atomic E-state index is 0.345. The maximum Gasteiger partial charge on any atom is 0.0897 e. The van der Waals surface area contributed by atoms with Crippen LogP contribution in [0.15, 0.2) is 0 Å². The summed E-state index contributed by atoms with van der Waals surface area (Å²) in [6.07, 6.45) is 4.50. The van der Waals surface area contributed by atoms with E-state index in [0.29, 0.717) is 19.7 Å². The van der Waals surface area contributed by atoms with Gasteiger partial charge < -0.3 is 15.2 Å². The molecule has 2 N–H and O–H groups in total. The average Bonchev–Trinajstić information content (AvgIpc) is 1.89. The van der Waals surface area contributed by atoms with Gasteiger partial charge in [0.05, 0.1) is 19.3 Å². The number of methoxy groups -OCH3 is 1. The third kappa shape index (κ3) is 5.57. The molecule has 0 radical (unpaired) electrons. The molecule has 0 aromatic carbocycles. The number of rotatable bonds is 5. The highest BCUT2D eigenvalue weighted by atomic mass is 16.5. The lowest BCUT2D eigenvalue weighted by Crippen LogP contribution is -2.30. The van der Waals surface area contributed by atoms with Gasteiger partial charge in [0.25, 0.3) is 0 Å². The van der Waals surface area contributed by atoms with Crippen molar-refractivity contribution in [3.8, 4) is 12.3 Å². The molecular formula is C7H13NO2. The smallest absolute Gasteiger partial charge is 0.0897 e. The monoisotopic (exact) mass is 143 g/mol. The fourth-order valence-corrected chi connectivity index (χ4v) is 0.562. The Morgan fingerprint density at radius 3 is 3.00 bits per heavy atom. The fraction of sp³-hybridized carbons (Fsp3) is 0.714. The third-order valence-corrected chi connectivity index (χ3v) is 0.966. The number of aliphatic hydroxyl groups excluding tert-OH is 1. The predicted octanol–water partition coefficient (Wildman–Crippen LogP) is -0.784. The number of hydrogen-bond donors (Lipinski definition) is 2. The zero-order chi connectivity index (χ0) is 7.82. The largest absolute Gasteiger partial charge is 0.389 e. The highest BCUT2D eigenvalue weighted by molar-refractivity contribution is 4.86. The summed E-state index contributed by atoms with van der Waals surface area (Å²) in [5.41, 5.74) is 0. The molecule has 0 spiro atoms. The zero-order valence-electron chi connectivity index (χ0n) is 6.13. The van der Waals surface area contributed by atoms with Crippen LogP contribution < -0.4 is 5.32 Å². The lowest BCUT2D eigenvalue weighted by Gasteiger charge is -2.07. The quantitative estimate of drug-likeness (QED) is 0.392. The van der Waals surface area contributed by atoms with Crippen LogP contribution in [0.3, 0.4) is 0 Å². The van der Waals surface area contributed by atoms with Gasteiger partial charge in [-0.25, -0.2) is 0 Å². The van der Waals surface area contributed by atoms with Crippen molar-refractivity contribution in [1.29, 1.82) is 0 Å². The fourth-order valence-electron chi connectivity index (χ4n) is 0.562.